The van der Waals surface area contributed by atoms with E-state index >= 15 is 0 Å². The summed E-state index contributed by atoms with van der Waals surface area (Å²) in [4.78, 5) is 32.7. The molecule has 8 bridgehead atoms. The summed E-state index contributed by atoms with van der Waals surface area (Å²) in [6.45, 7) is 12.0. The Morgan fingerprint density at radius 3 is 0.881 bits per heavy atom. The number of rotatable bonds is 0. The molecule has 1 aliphatic rings. The SMILES string of the molecule is CC1(C)c2ccc([nH]2)C=NCCCCN=Cc2ccc([nH]2)C(C)(C)c2ccc([nH]2)C=NCCCCN=Cc2ccc1[nH]2. The summed E-state index contributed by atoms with van der Waals surface area (Å²) in [5, 5.41) is 0. The number of nitrogens with one attached hydrogen (secondary N) is 4. The molecule has 0 fully saturated rings. The molecule has 8 nitrogen and oxygen atoms in total. The van der Waals surface area contributed by atoms with Crippen molar-refractivity contribution in [3.8, 4) is 0 Å². The first kappa shape index (κ1) is 29.3. The van der Waals surface area contributed by atoms with Gasteiger partial charge >= 0.3 is 0 Å². The van der Waals surface area contributed by atoms with Gasteiger partial charge in [0.15, 0.2) is 0 Å². The summed E-state index contributed by atoms with van der Waals surface area (Å²) in [5.74, 6) is 0. The van der Waals surface area contributed by atoms with Crippen LogP contribution in [0.25, 0.3) is 0 Å². The number of hydrogen-bond acceptors (Lipinski definition) is 4. The largest absolute Gasteiger partial charge is 0.357 e. The summed E-state index contributed by atoms with van der Waals surface area (Å²) >= 11 is 0. The fraction of sp³-hybridized carbons (Fsp3) is 0.412. The lowest BCUT2D eigenvalue weighted by atomic mass is 9.86. The van der Waals surface area contributed by atoms with Gasteiger partial charge in [0.1, 0.15) is 0 Å². The Labute approximate surface area is 249 Å². The predicted octanol–water partition coefficient (Wildman–Crippen LogP) is 6.60. The number of aromatic amines is 4. The van der Waals surface area contributed by atoms with Crippen LogP contribution < -0.4 is 0 Å². The van der Waals surface area contributed by atoms with Gasteiger partial charge in [0.25, 0.3) is 0 Å². The van der Waals surface area contributed by atoms with E-state index in [1.807, 2.05) is 24.9 Å². The molecule has 5 rings (SSSR count). The molecule has 0 amide bonds. The van der Waals surface area contributed by atoms with Crippen LogP contribution in [0.5, 0.6) is 0 Å². The number of nitrogens with zero attached hydrogens (tertiary/aromatic N) is 4. The van der Waals surface area contributed by atoms with Crippen LogP contribution in [0.15, 0.2) is 68.5 Å². The minimum absolute atomic E-state index is 0.190. The topological polar surface area (TPSA) is 113 Å². The minimum Gasteiger partial charge on any atom is -0.357 e. The highest BCUT2D eigenvalue weighted by molar-refractivity contribution is 5.79. The highest BCUT2D eigenvalue weighted by atomic mass is 14.8. The van der Waals surface area contributed by atoms with Crippen molar-refractivity contribution in [2.45, 2.75) is 64.2 Å². The maximum atomic E-state index is 4.64. The van der Waals surface area contributed by atoms with Crippen LogP contribution >= 0.6 is 0 Å². The van der Waals surface area contributed by atoms with Crippen molar-refractivity contribution in [3.63, 3.8) is 0 Å². The zero-order valence-corrected chi connectivity index (χ0v) is 25.4. The summed E-state index contributed by atoms with van der Waals surface area (Å²) < 4.78 is 0. The van der Waals surface area contributed by atoms with Crippen molar-refractivity contribution in [3.05, 3.63) is 94.1 Å². The Bertz CT molecular complexity index is 1320. The minimum atomic E-state index is -0.190. The van der Waals surface area contributed by atoms with E-state index in [2.05, 4.69) is 116 Å². The summed E-state index contributed by atoms with van der Waals surface area (Å²) in [6, 6.07) is 17.0. The Morgan fingerprint density at radius 2 is 0.643 bits per heavy atom. The second kappa shape index (κ2) is 13.2. The molecule has 0 saturated heterocycles. The summed E-state index contributed by atoms with van der Waals surface area (Å²) in [6.07, 6.45) is 11.8. The van der Waals surface area contributed by atoms with Gasteiger partial charge < -0.3 is 19.9 Å². The van der Waals surface area contributed by atoms with Gasteiger partial charge in [-0.1, -0.05) is 0 Å². The Balaban J connectivity index is 1.27. The van der Waals surface area contributed by atoms with Gasteiger partial charge in [0, 0.05) is 84.6 Å². The normalized spacial score (nSPS) is 18.2. The molecule has 1 aliphatic heterocycles. The molecule has 0 radical (unpaired) electrons. The van der Waals surface area contributed by atoms with Crippen molar-refractivity contribution >= 4 is 24.9 Å². The number of H-pyrrole nitrogens is 4. The maximum absolute atomic E-state index is 4.64. The van der Waals surface area contributed by atoms with E-state index in [9.17, 15) is 0 Å². The van der Waals surface area contributed by atoms with Crippen molar-refractivity contribution < 1.29 is 0 Å². The fourth-order valence-corrected chi connectivity index (χ4v) is 5.16. The average Bonchev–Trinajstić information content (AvgIpc) is 3.78. The smallest absolute Gasteiger partial charge is 0.0564 e. The van der Waals surface area contributed by atoms with Gasteiger partial charge in [-0.25, -0.2) is 0 Å². The number of fused-ring (bicyclic) bond motifs is 8. The van der Waals surface area contributed by atoms with Crippen LogP contribution in [0.3, 0.4) is 0 Å². The van der Waals surface area contributed by atoms with Crippen molar-refractivity contribution in [2.75, 3.05) is 26.2 Å². The molecule has 5 heterocycles. The number of aromatic nitrogens is 4. The van der Waals surface area contributed by atoms with Crippen molar-refractivity contribution in [1.82, 2.24) is 19.9 Å². The molecule has 8 heteroatoms. The van der Waals surface area contributed by atoms with Gasteiger partial charge in [-0.3, -0.25) is 20.0 Å². The molecule has 4 aromatic heterocycles. The molecule has 220 valence electrons. The molecule has 4 N–H and O–H groups in total. The van der Waals surface area contributed by atoms with Crippen LogP contribution in [-0.4, -0.2) is 71.0 Å². The van der Waals surface area contributed by atoms with Gasteiger partial charge in [0.05, 0.1) is 22.8 Å². The van der Waals surface area contributed by atoms with Gasteiger partial charge in [-0.2, -0.15) is 0 Å². The molecule has 0 unspecified atom stereocenters. The van der Waals surface area contributed by atoms with E-state index in [1.54, 1.807) is 0 Å². The molecule has 0 saturated carbocycles. The van der Waals surface area contributed by atoms with Gasteiger partial charge in [-0.15, -0.1) is 0 Å². The summed E-state index contributed by atoms with van der Waals surface area (Å²) in [5.41, 5.74) is 8.30. The molecule has 0 aliphatic carbocycles. The zero-order chi connectivity index (χ0) is 29.4. The Hall–Kier alpha value is -4.20. The second-order valence-electron chi connectivity index (χ2n) is 12.1. The molecular weight excluding hydrogens is 520 g/mol. The third-order valence-corrected chi connectivity index (χ3v) is 8.10. The van der Waals surface area contributed by atoms with Crippen LogP contribution in [0.4, 0.5) is 0 Å². The average molecular weight is 565 g/mol. The lowest BCUT2D eigenvalue weighted by Gasteiger charge is -2.22. The number of aliphatic imine (C=N–C) groups is 4. The van der Waals surface area contributed by atoms with E-state index in [-0.39, 0.29) is 10.8 Å². The summed E-state index contributed by atoms with van der Waals surface area (Å²) in [7, 11) is 0. The molecular formula is C34H44N8. The van der Waals surface area contributed by atoms with Crippen LogP contribution in [0.1, 0.15) is 98.9 Å². The predicted molar refractivity (Wildman–Crippen MR) is 176 cm³/mol. The third kappa shape index (κ3) is 7.16. The van der Waals surface area contributed by atoms with Crippen LogP contribution in [0, 0.1) is 0 Å². The standard InChI is InChI=1S/C34H44N8/c1-33(2)29-13-9-25(39-29)21-35-17-5-7-19-37-23-27-11-15-31(41-27)34(3,4)32-16-12-28(42-32)24-38-20-8-6-18-36-22-26-10-14-30(33)40-26/h9-16,21-24,39-42H,5-8,17-20H2,1-4H3. The van der Waals surface area contributed by atoms with E-state index in [0.717, 1.165) is 97.4 Å². The first-order chi connectivity index (χ1) is 20.3. The van der Waals surface area contributed by atoms with Gasteiger partial charge in [0.2, 0.25) is 0 Å². The highest BCUT2D eigenvalue weighted by Gasteiger charge is 2.27. The quantitative estimate of drug-likeness (QED) is 0.184. The second-order valence-corrected chi connectivity index (χ2v) is 12.1. The van der Waals surface area contributed by atoms with E-state index in [1.165, 1.54) is 0 Å². The fourth-order valence-electron chi connectivity index (χ4n) is 5.16. The first-order valence-corrected chi connectivity index (χ1v) is 15.1. The molecule has 4 aromatic rings. The lowest BCUT2D eigenvalue weighted by Crippen LogP contribution is -2.20. The van der Waals surface area contributed by atoms with Crippen molar-refractivity contribution in [2.24, 2.45) is 20.0 Å². The molecule has 0 aromatic carbocycles. The highest BCUT2D eigenvalue weighted by Crippen LogP contribution is 2.31. The van der Waals surface area contributed by atoms with Crippen LogP contribution in [0.2, 0.25) is 0 Å². The maximum Gasteiger partial charge on any atom is 0.0564 e. The monoisotopic (exact) mass is 564 g/mol. The van der Waals surface area contributed by atoms with Crippen molar-refractivity contribution in [1.29, 1.82) is 0 Å². The van der Waals surface area contributed by atoms with E-state index in [0.29, 0.717) is 0 Å². The molecule has 0 atom stereocenters. The Morgan fingerprint density at radius 1 is 0.405 bits per heavy atom. The molecule has 42 heavy (non-hydrogen) atoms. The molecule has 0 spiro atoms. The van der Waals surface area contributed by atoms with Gasteiger partial charge in [-0.05, 0) is 102 Å². The number of hydrogen-bond donors (Lipinski definition) is 4. The van der Waals surface area contributed by atoms with Crippen LogP contribution in [-0.2, 0) is 10.8 Å². The zero-order valence-electron chi connectivity index (χ0n) is 25.4. The van der Waals surface area contributed by atoms with E-state index in [4.69, 9.17) is 0 Å². The lowest BCUT2D eigenvalue weighted by molar-refractivity contribution is 0.603. The Kier molecular flexibility index (Phi) is 9.20. The third-order valence-electron chi connectivity index (χ3n) is 8.10. The van der Waals surface area contributed by atoms with E-state index < -0.39 is 0 Å². The first-order valence-electron chi connectivity index (χ1n) is 15.1.